The maximum absolute atomic E-state index is 3.79. The molecular formula is C17H29N. The molecule has 0 heterocycles. The molecule has 18 heavy (non-hydrogen) atoms. The first-order chi connectivity index (χ1) is 8.58. The Labute approximate surface area is 113 Å². The van der Waals surface area contributed by atoms with Crippen molar-refractivity contribution in [2.24, 2.45) is 0 Å². The predicted molar refractivity (Wildman–Crippen MR) is 81.1 cm³/mol. The van der Waals surface area contributed by atoms with E-state index in [0.717, 1.165) is 0 Å². The molecule has 1 rings (SSSR count). The zero-order valence-electron chi connectivity index (χ0n) is 12.7. The third-order valence-electron chi connectivity index (χ3n) is 3.79. The van der Waals surface area contributed by atoms with Crippen LogP contribution in [0.2, 0.25) is 0 Å². The van der Waals surface area contributed by atoms with Crippen molar-refractivity contribution in [2.45, 2.75) is 72.4 Å². The molecule has 1 aromatic carbocycles. The molecule has 0 aliphatic rings. The van der Waals surface area contributed by atoms with Gasteiger partial charge in [0.1, 0.15) is 0 Å². The Bertz CT molecular complexity index is 357. The fraction of sp³-hybridized carbons (Fsp3) is 0.647. The van der Waals surface area contributed by atoms with Gasteiger partial charge in [-0.3, -0.25) is 0 Å². The summed E-state index contributed by atoms with van der Waals surface area (Å²) in [5, 5.41) is 3.79. The Hall–Kier alpha value is -0.820. The molecule has 0 aliphatic carbocycles. The van der Waals surface area contributed by atoms with Gasteiger partial charge in [0.2, 0.25) is 0 Å². The van der Waals surface area contributed by atoms with Gasteiger partial charge >= 0.3 is 0 Å². The quantitative estimate of drug-likeness (QED) is 0.721. The minimum absolute atomic E-state index is 0.451. The molecule has 0 fully saturated rings. The smallest absolute Gasteiger partial charge is 0.0297 e. The maximum atomic E-state index is 3.79. The van der Waals surface area contributed by atoms with Gasteiger partial charge in [-0.2, -0.15) is 0 Å². The van der Waals surface area contributed by atoms with Crippen molar-refractivity contribution in [1.82, 2.24) is 5.32 Å². The van der Waals surface area contributed by atoms with Crippen molar-refractivity contribution in [1.29, 1.82) is 0 Å². The molecule has 1 aromatic rings. The van der Waals surface area contributed by atoms with Crippen molar-refractivity contribution in [3.8, 4) is 0 Å². The summed E-state index contributed by atoms with van der Waals surface area (Å²) in [6.07, 6.45) is 5.12. The molecule has 1 nitrogen and oxygen atoms in total. The largest absolute Gasteiger partial charge is 0.307 e. The number of hydrogen-bond acceptors (Lipinski definition) is 1. The molecule has 0 aliphatic heterocycles. The highest BCUT2D eigenvalue weighted by Gasteiger charge is 2.13. The minimum atomic E-state index is 0.451. The van der Waals surface area contributed by atoms with Crippen LogP contribution in [-0.4, -0.2) is 6.04 Å². The van der Waals surface area contributed by atoms with Crippen LogP contribution in [-0.2, 0) is 0 Å². The zero-order valence-corrected chi connectivity index (χ0v) is 12.7. The summed E-state index contributed by atoms with van der Waals surface area (Å²) in [5.74, 6) is 0. The normalized spacial score (nSPS) is 14.5. The highest BCUT2D eigenvalue weighted by atomic mass is 14.9. The third-order valence-corrected chi connectivity index (χ3v) is 3.79. The standard InChI is InChI=1S/C17H29N/c1-6-8-9-16(7-2)18-15(5)17-12-13(3)10-11-14(17)4/h10-12,15-16,18H,6-9H2,1-5H3. The average molecular weight is 247 g/mol. The van der Waals surface area contributed by atoms with Gasteiger partial charge in [-0.05, 0) is 44.7 Å². The topological polar surface area (TPSA) is 12.0 Å². The molecule has 1 heteroatoms. The summed E-state index contributed by atoms with van der Waals surface area (Å²) in [4.78, 5) is 0. The van der Waals surface area contributed by atoms with Crippen LogP contribution in [0.25, 0.3) is 0 Å². The summed E-state index contributed by atoms with van der Waals surface area (Å²) < 4.78 is 0. The summed E-state index contributed by atoms with van der Waals surface area (Å²) >= 11 is 0. The van der Waals surface area contributed by atoms with Gasteiger partial charge < -0.3 is 5.32 Å². The van der Waals surface area contributed by atoms with Gasteiger partial charge in [0.05, 0.1) is 0 Å². The van der Waals surface area contributed by atoms with E-state index in [1.165, 1.54) is 42.4 Å². The lowest BCUT2D eigenvalue weighted by Gasteiger charge is -2.24. The fourth-order valence-corrected chi connectivity index (χ4v) is 2.53. The van der Waals surface area contributed by atoms with Gasteiger partial charge in [0.25, 0.3) is 0 Å². The lowest BCUT2D eigenvalue weighted by Crippen LogP contribution is -2.31. The van der Waals surface area contributed by atoms with Gasteiger partial charge in [-0.1, -0.05) is 50.5 Å². The number of unbranched alkanes of at least 4 members (excludes halogenated alkanes) is 1. The van der Waals surface area contributed by atoms with Crippen LogP contribution < -0.4 is 5.32 Å². The Morgan fingerprint density at radius 1 is 1.17 bits per heavy atom. The first kappa shape index (κ1) is 15.2. The van der Waals surface area contributed by atoms with Gasteiger partial charge in [-0.15, -0.1) is 0 Å². The van der Waals surface area contributed by atoms with E-state index in [0.29, 0.717) is 12.1 Å². The fourth-order valence-electron chi connectivity index (χ4n) is 2.53. The SMILES string of the molecule is CCCCC(CC)NC(C)c1cc(C)ccc1C. The van der Waals surface area contributed by atoms with E-state index in [1.807, 2.05) is 0 Å². The van der Waals surface area contributed by atoms with E-state index >= 15 is 0 Å². The second-order valence-corrected chi connectivity index (χ2v) is 5.50. The Morgan fingerprint density at radius 3 is 2.50 bits per heavy atom. The van der Waals surface area contributed by atoms with Crippen LogP contribution in [0.3, 0.4) is 0 Å². The van der Waals surface area contributed by atoms with Gasteiger partial charge in [-0.25, -0.2) is 0 Å². The Morgan fingerprint density at radius 2 is 1.89 bits per heavy atom. The van der Waals surface area contributed by atoms with Crippen LogP contribution >= 0.6 is 0 Å². The highest BCUT2D eigenvalue weighted by Crippen LogP contribution is 2.20. The van der Waals surface area contributed by atoms with Gasteiger partial charge in [0.15, 0.2) is 0 Å². The van der Waals surface area contributed by atoms with E-state index < -0.39 is 0 Å². The van der Waals surface area contributed by atoms with Crippen molar-refractivity contribution in [3.63, 3.8) is 0 Å². The average Bonchev–Trinajstić information content (AvgIpc) is 2.37. The maximum Gasteiger partial charge on any atom is 0.0297 e. The third kappa shape index (κ3) is 4.45. The van der Waals surface area contributed by atoms with E-state index in [4.69, 9.17) is 0 Å². The van der Waals surface area contributed by atoms with Crippen LogP contribution in [0.1, 0.15) is 69.2 Å². The number of nitrogens with one attached hydrogen (secondary N) is 1. The lowest BCUT2D eigenvalue weighted by atomic mass is 9.98. The molecule has 102 valence electrons. The van der Waals surface area contributed by atoms with Gasteiger partial charge in [0, 0.05) is 12.1 Å². The number of rotatable bonds is 7. The predicted octanol–water partition coefficient (Wildman–Crippen LogP) is 4.92. The molecule has 0 aromatic heterocycles. The second-order valence-electron chi connectivity index (χ2n) is 5.50. The first-order valence-electron chi connectivity index (χ1n) is 7.41. The van der Waals surface area contributed by atoms with Crippen LogP contribution in [0.4, 0.5) is 0 Å². The molecule has 2 atom stereocenters. The van der Waals surface area contributed by atoms with Crippen molar-refractivity contribution in [3.05, 3.63) is 34.9 Å². The summed E-state index contributed by atoms with van der Waals surface area (Å²) in [6, 6.07) is 7.85. The minimum Gasteiger partial charge on any atom is -0.307 e. The lowest BCUT2D eigenvalue weighted by molar-refractivity contribution is 0.409. The summed E-state index contributed by atoms with van der Waals surface area (Å²) in [7, 11) is 0. The molecule has 1 N–H and O–H groups in total. The van der Waals surface area contributed by atoms with Crippen LogP contribution in [0, 0.1) is 13.8 Å². The Balaban J connectivity index is 2.67. The first-order valence-corrected chi connectivity index (χ1v) is 7.41. The van der Waals surface area contributed by atoms with E-state index in [-0.39, 0.29) is 0 Å². The van der Waals surface area contributed by atoms with Crippen LogP contribution in [0.5, 0.6) is 0 Å². The Kier molecular flexibility index (Phi) is 6.42. The molecule has 0 saturated carbocycles. The number of hydrogen-bond donors (Lipinski definition) is 1. The highest BCUT2D eigenvalue weighted by molar-refractivity contribution is 5.32. The molecule has 0 saturated heterocycles. The molecule has 2 unspecified atom stereocenters. The monoisotopic (exact) mass is 247 g/mol. The van der Waals surface area contributed by atoms with Crippen molar-refractivity contribution in [2.75, 3.05) is 0 Å². The van der Waals surface area contributed by atoms with Crippen LogP contribution in [0.15, 0.2) is 18.2 Å². The van der Waals surface area contributed by atoms with E-state index in [9.17, 15) is 0 Å². The van der Waals surface area contributed by atoms with E-state index in [2.05, 4.69) is 58.1 Å². The van der Waals surface area contributed by atoms with Crippen molar-refractivity contribution >= 4 is 0 Å². The zero-order chi connectivity index (χ0) is 13.5. The molecule has 0 radical (unpaired) electrons. The number of benzene rings is 1. The molecular weight excluding hydrogens is 218 g/mol. The van der Waals surface area contributed by atoms with E-state index in [1.54, 1.807) is 0 Å². The van der Waals surface area contributed by atoms with Crippen molar-refractivity contribution < 1.29 is 0 Å². The summed E-state index contributed by atoms with van der Waals surface area (Å²) in [6.45, 7) is 11.2. The summed E-state index contributed by atoms with van der Waals surface area (Å²) in [5.41, 5.74) is 4.20. The molecule has 0 spiro atoms. The number of aryl methyl sites for hydroxylation is 2. The molecule has 0 bridgehead atoms. The second kappa shape index (κ2) is 7.58. The molecule has 0 amide bonds.